The molecular formula is C20H20N4O3S2. The van der Waals surface area contributed by atoms with Crippen LogP contribution in [0, 0.1) is 13.8 Å². The van der Waals surface area contributed by atoms with Crippen molar-refractivity contribution in [2.45, 2.75) is 31.7 Å². The summed E-state index contributed by atoms with van der Waals surface area (Å²) in [6.07, 6.45) is 2.06. The maximum absolute atomic E-state index is 13.2. The standard InChI is InChI=1S/C20H20N4O3S2/c1-13-6-7-14(2)18(11-13)29(26,27)24-10-8-15-17(12-24)28-20(22-15)23-19(25)16-5-3-4-9-21-16/h3-7,9,11H,8,10,12H2,1-2H3,(H,22,23,25). The number of pyridine rings is 1. The zero-order valence-corrected chi connectivity index (χ0v) is 17.7. The Bertz CT molecular complexity index is 1170. The molecule has 9 heteroatoms. The van der Waals surface area contributed by atoms with Gasteiger partial charge in [-0.2, -0.15) is 4.31 Å². The van der Waals surface area contributed by atoms with Crippen LogP contribution in [0.1, 0.15) is 32.2 Å². The summed E-state index contributed by atoms with van der Waals surface area (Å²) in [5.41, 5.74) is 2.77. The summed E-state index contributed by atoms with van der Waals surface area (Å²) in [7, 11) is -3.60. The second-order valence-corrected chi connectivity index (χ2v) is 9.91. The van der Waals surface area contributed by atoms with Crippen molar-refractivity contribution in [3.63, 3.8) is 0 Å². The van der Waals surface area contributed by atoms with Crippen molar-refractivity contribution in [3.05, 3.63) is 70.0 Å². The highest BCUT2D eigenvalue weighted by atomic mass is 32.2. The summed E-state index contributed by atoms with van der Waals surface area (Å²) in [5, 5.41) is 3.21. The Morgan fingerprint density at radius 3 is 2.79 bits per heavy atom. The van der Waals surface area contributed by atoms with E-state index in [1.165, 1.54) is 15.6 Å². The molecule has 7 nitrogen and oxygen atoms in total. The van der Waals surface area contributed by atoms with Gasteiger partial charge in [0.1, 0.15) is 5.69 Å². The van der Waals surface area contributed by atoms with Crippen molar-refractivity contribution in [1.29, 1.82) is 0 Å². The summed E-state index contributed by atoms with van der Waals surface area (Å²) < 4.78 is 27.8. The molecule has 0 saturated heterocycles. The first kappa shape index (κ1) is 19.7. The first-order chi connectivity index (χ1) is 13.8. The first-order valence-electron chi connectivity index (χ1n) is 9.13. The van der Waals surface area contributed by atoms with Crippen molar-refractivity contribution < 1.29 is 13.2 Å². The SMILES string of the molecule is Cc1ccc(C)c(S(=O)(=O)N2CCc3nc(NC(=O)c4ccccn4)sc3C2)c1. The van der Waals surface area contributed by atoms with Gasteiger partial charge in [-0.05, 0) is 43.2 Å². The Morgan fingerprint density at radius 1 is 1.21 bits per heavy atom. The van der Waals surface area contributed by atoms with E-state index in [0.29, 0.717) is 28.7 Å². The Morgan fingerprint density at radius 2 is 2.03 bits per heavy atom. The van der Waals surface area contributed by atoms with Gasteiger partial charge in [-0.25, -0.2) is 13.4 Å². The molecule has 0 unspecified atom stereocenters. The number of amides is 1. The Kier molecular flexibility index (Phi) is 5.20. The molecule has 1 N–H and O–H groups in total. The molecule has 0 saturated carbocycles. The Hall–Kier alpha value is -2.62. The van der Waals surface area contributed by atoms with Gasteiger partial charge in [0.15, 0.2) is 5.13 Å². The number of fused-ring (bicyclic) bond motifs is 1. The molecule has 0 radical (unpaired) electrons. The van der Waals surface area contributed by atoms with Crippen molar-refractivity contribution in [1.82, 2.24) is 14.3 Å². The molecule has 29 heavy (non-hydrogen) atoms. The molecule has 0 bridgehead atoms. The second-order valence-electron chi connectivity index (χ2n) is 6.92. The molecular weight excluding hydrogens is 408 g/mol. The second kappa shape index (κ2) is 7.66. The highest BCUT2D eigenvalue weighted by Gasteiger charge is 2.31. The van der Waals surface area contributed by atoms with Crippen LogP contribution in [-0.2, 0) is 23.0 Å². The molecule has 1 amide bonds. The van der Waals surface area contributed by atoms with Crippen molar-refractivity contribution in [3.8, 4) is 0 Å². The predicted molar refractivity (Wildman–Crippen MR) is 112 cm³/mol. The van der Waals surface area contributed by atoms with Crippen LogP contribution in [0.3, 0.4) is 0 Å². The molecule has 0 atom stereocenters. The number of hydrogen-bond donors (Lipinski definition) is 1. The maximum Gasteiger partial charge on any atom is 0.276 e. The maximum atomic E-state index is 13.2. The number of aryl methyl sites for hydroxylation is 2. The first-order valence-corrected chi connectivity index (χ1v) is 11.4. The smallest absolute Gasteiger partial charge is 0.276 e. The van der Waals surface area contributed by atoms with Crippen molar-refractivity contribution >= 4 is 32.4 Å². The number of anilines is 1. The Balaban J connectivity index is 1.55. The minimum atomic E-state index is -3.60. The van der Waals surface area contributed by atoms with Gasteiger partial charge in [0.2, 0.25) is 10.0 Å². The molecule has 3 aromatic rings. The summed E-state index contributed by atoms with van der Waals surface area (Å²) >= 11 is 1.30. The van der Waals surface area contributed by atoms with E-state index in [1.807, 2.05) is 19.1 Å². The molecule has 1 aliphatic rings. The number of aromatic nitrogens is 2. The fraction of sp³-hybridized carbons (Fsp3) is 0.250. The topological polar surface area (TPSA) is 92.3 Å². The number of thiazole rings is 1. The monoisotopic (exact) mass is 428 g/mol. The summed E-state index contributed by atoms with van der Waals surface area (Å²) in [6, 6.07) is 10.6. The van der Waals surface area contributed by atoms with Crippen LogP contribution in [0.2, 0.25) is 0 Å². The average Bonchev–Trinajstić information content (AvgIpc) is 3.11. The van der Waals surface area contributed by atoms with E-state index in [2.05, 4.69) is 15.3 Å². The molecule has 150 valence electrons. The van der Waals surface area contributed by atoms with Gasteiger partial charge in [0, 0.05) is 24.0 Å². The third kappa shape index (κ3) is 3.93. The van der Waals surface area contributed by atoms with Gasteiger partial charge >= 0.3 is 0 Å². The summed E-state index contributed by atoms with van der Waals surface area (Å²) in [5.74, 6) is -0.337. The lowest BCUT2D eigenvalue weighted by Crippen LogP contribution is -2.35. The normalized spacial score (nSPS) is 14.4. The Labute approximate surface area is 173 Å². The third-order valence-electron chi connectivity index (χ3n) is 4.78. The zero-order chi connectivity index (χ0) is 20.6. The van der Waals surface area contributed by atoms with E-state index in [1.54, 1.807) is 37.4 Å². The van der Waals surface area contributed by atoms with Crippen LogP contribution in [0.15, 0.2) is 47.5 Å². The number of carbonyl (C=O) groups excluding carboxylic acids is 1. The number of sulfonamides is 1. The number of nitrogens with zero attached hydrogens (tertiary/aromatic N) is 3. The average molecular weight is 429 g/mol. The van der Waals surface area contributed by atoms with E-state index in [-0.39, 0.29) is 12.5 Å². The minimum absolute atomic E-state index is 0.252. The number of hydrogen-bond acceptors (Lipinski definition) is 6. The molecule has 1 aliphatic heterocycles. The van der Waals surface area contributed by atoms with Crippen LogP contribution in [-0.4, -0.2) is 35.1 Å². The molecule has 4 rings (SSSR count). The molecule has 0 spiro atoms. The van der Waals surface area contributed by atoms with E-state index in [9.17, 15) is 13.2 Å². The van der Waals surface area contributed by atoms with Gasteiger partial charge in [0.25, 0.3) is 5.91 Å². The largest absolute Gasteiger partial charge is 0.296 e. The van der Waals surface area contributed by atoms with Crippen LogP contribution in [0.4, 0.5) is 5.13 Å². The minimum Gasteiger partial charge on any atom is -0.296 e. The van der Waals surface area contributed by atoms with E-state index in [4.69, 9.17) is 0 Å². The van der Waals surface area contributed by atoms with Crippen LogP contribution in [0.5, 0.6) is 0 Å². The number of nitrogens with one attached hydrogen (secondary N) is 1. The van der Waals surface area contributed by atoms with Gasteiger partial charge in [-0.15, -0.1) is 11.3 Å². The molecule has 0 aliphatic carbocycles. The molecule has 1 aromatic carbocycles. The van der Waals surface area contributed by atoms with Gasteiger partial charge in [0.05, 0.1) is 17.1 Å². The third-order valence-corrected chi connectivity index (χ3v) is 7.76. The number of benzene rings is 1. The van der Waals surface area contributed by atoms with Crippen LogP contribution < -0.4 is 5.32 Å². The zero-order valence-electron chi connectivity index (χ0n) is 16.0. The lowest BCUT2D eigenvalue weighted by Gasteiger charge is -2.26. The lowest BCUT2D eigenvalue weighted by molar-refractivity contribution is 0.102. The molecule has 2 aromatic heterocycles. The van der Waals surface area contributed by atoms with Gasteiger partial charge < -0.3 is 0 Å². The highest BCUT2D eigenvalue weighted by molar-refractivity contribution is 7.89. The van der Waals surface area contributed by atoms with Crippen LogP contribution >= 0.6 is 11.3 Å². The highest BCUT2D eigenvalue weighted by Crippen LogP contribution is 2.32. The van der Waals surface area contributed by atoms with E-state index in [0.717, 1.165) is 21.7 Å². The van der Waals surface area contributed by atoms with Crippen LogP contribution in [0.25, 0.3) is 0 Å². The number of rotatable bonds is 4. The van der Waals surface area contributed by atoms with Crippen molar-refractivity contribution in [2.75, 3.05) is 11.9 Å². The fourth-order valence-electron chi connectivity index (χ4n) is 3.21. The quantitative estimate of drug-likeness (QED) is 0.689. The van der Waals surface area contributed by atoms with Gasteiger partial charge in [-0.3, -0.25) is 15.1 Å². The summed E-state index contributed by atoms with van der Waals surface area (Å²) in [6.45, 7) is 4.30. The fourth-order valence-corrected chi connectivity index (χ4v) is 6.03. The van der Waals surface area contributed by atoms with Crippen molar-refractivity contribution in [2.24, 2.45) is 0 Å². The summed E-state index contributed by atoms with van der Waals surface area (Å²) in [4.78, 5) is 22.0. The lowest BCUT2D eigenvalue weighted by atomic mass is 10.2. The molecule has 3 heterocycles. The molecule has 0 fully saturated rings. The van der Waals surface area contributed by atoms with E-state index >= 15 is 0 Å². The number of carbonyl (C=O) groups is 1. The van der Waals surface area contributed by atoms with Gasteiger partial charge in [-0.1, -0.05) is 18.2 Å². The van der Waals surface area contributed by atoms with E-state index < -0.39 is 10.0 Å². The predicted octanol–water partition coefficient (Wildman–Crippen LogP) is 3.15.